The van der Waals surface area contributed by atoms with Crippen molar-refractivity contribution in [2.45, 2.75) is 44.0 Å². The van der Waals surface area contributed by atoms with E-state index in [1.165, 1.54) is 22.5 Å². The van der Waals surface area contributed by atoms with E-state index in [9.17, 15) is 13.2 Å². The molecule has 0 unspecified atom stereocenters. The molecule has 1 amide bonds. The summed E-state index contributed by atoms with van der Waals surface area (Å²) in [5, 5.41) is 3.27. The van der Waals surface area contributed by atoms with E-state index in [1.54, 1.807) is 0 Å². The molecule has 1 aliphatic heterocycles. The highest BCUT2D eigenvalue weighted by Gasteiger charge is 2.28. The second-order valence-electron chi connectivity index (χ2n) is 7.82. The quantitative estimate of drug-likeness (QED) is 0.690. The number of halogens is 1. The van der Waals surface area contributed by atoms with Crippen LogP contribution in [0.2, 0.25) is 5.02 Å². The number of hydrogen-bond donors (Lipinski definition) is 1. The van der Waals surface area contributed by atoms with Crippen LogP contribution < -0.4 is 5.32 Å². The lowest BCUT2D eigenvalue weighted by atomic mass is 9.96. The van der Waals surface area contributed by atoms with E-state index in [0.717, 1.165) is 24.8 Å². The molecule has 1 atom stereocenters. The average molecular weight is 435 g/mol. The summed E-state index contributed by atoms with van der Waals surface area (Å²) in [5.41, 5.74) is 1.18. The highest BCUT2D eigenvalue weighted by atomic mass is 35.5. The van der Waals surface area contributed by atoms with Crippen LogP contribution in [0.3, 0.4) is 0 Å². The fourth-order valence-corrected chi connectivity index (χ4v) is 5.33. The van der Waals surface area contributed by atoms with Gasteiger partial charge in [-0.15, -0.1) is 0 Å². The number of amides is 1. The topological polar surface area (TPSA) is 66.5 Å². The van der Waals surface area contributed by atoms with Crippen LogP contribution in [0, 0.1) is 5.92 Å². The maximum Gasteiger partial charge on any atom is 0.253 e. The lowest BCUT2D eigenvalue weighted by molar-refractivity contribution is 0.0932. The zero-order valence-electron chi connectivity index (χ0n) is 16.8. The third-order valence-electron chi connectivity index (χ3n) is 5.10. The summed E-state index contributed by atoms with van der Waals surface area (Å²) in [7, 11) is -3.62. The molecule has 0 saturated carbocycles. The Morgan fingerprint density at radius 2 is 1.76 bits per heavy atom. The van der Waals surface area contributed by atoms with Crippen molar-refractivity contribution in [3.05, 3.63) is 64.7 Å². The number of rotatable bonds is 7. The standard InChI is InChI=1S/C22H27ClN2O3S/c1-16(2)14-21(17-8-4-3-5-9-17)24-22(26)19-15-18(10-11-20(19)23)29(27,28)25-12-6-7-13-25/h3-5,8-11,15-16,21H,6-7,12-14H2,1-2H3,(H,24,26)/t21-/m1/s1. The molecule has 1 fully saturated rings. The summed E-state index contributed by atoms with van der Waals surface area (Å²) in [6.45, 7) is 5.21. The monoisotopic (exact) mass is 434 g/mol. The zero-order valence-corrected chi connectivity index (χ0v) is 18.3. The van der Waals surface area contributed by atoms with Gasteiger partial charge in [0.05, 0.1) is 21.5 Å². The van der Waals surface area contributed by atoms with Crippen molar-refractivity contribution in [2.75, 3.05) is 13.1 Å². The molecule has 5 nitrogen and oxygen atoms in total. The molecule has 0 aromatic heterocycles. The lowest BCUT2D eigenvalue weighted by Crippen LogP contribution is -2.31. The minimum atomic E-state index is -3.62. The Kier molecular flexibility index (Phi) is 6.98. The number of nitrogens with zero attached hydrogens (tertiary/aromatic N) is 1. The average Bonchev–Trinajstić information content (AvgIpc) is 3.23. The predicted octanol–water partition coefficient (Wildman–Crippen LogP) is 4.64. The van der Waals surface area contributed by atoms with Gasteiger partial charge in [0.25, 0.3) is 5.91 Å². The molecule has 0 radical (unpaired) electrons. The normalized spacial score (nSPS) is 16.1. The van der Waals surface area contributed by atoms with Crippen molar-refractivity contribution in [1.82, 2.24) is 9.62 Å². The third kappa shape index (κ3) is 5.18. The van der Waals surface area contributed by atoms with Gasteiger partial charge in [-0.05, 0) is 48.9 Å². The van der Waals surface area contributed by atoms with Gasteiger partial charge in [-0.2, -0.15) is 4.31 Å². The van der Waals surface area contributed by atoms with Gasteiger partial charge in [0.1, 0.15) is 0 Å². The molecule has 1 saturated heterocycles. The van der Waals surface area contributed by atoms with Crippen LogP contribution in [0.15, 0.2) is 53.4 Å². The van der Waals surface area contributed by atoms with Crippen LogP contribution in [0.25, 0.3) is 0 Å². The van der Waals surface area contributed by atoms with Crippen molar-refractivity contribution in [1.29, 1.82) is 0 Å². The minimum absolute atomic E-state index is 0.106. The molecule has 29 heavy (non-hydrogen) atoms. The molecular weight excluding hydrogens is 408 g/mol. The molecule has 2 aromatic rings. The number of benzene rings is 2. The second-order valence-corrected chi connectivity index (χ2v) is 10.2. The largest absolute Gasteiger partial charge is 0.345 e. The molecule has 1 heterocycles. The van der Waals surface area contributed by atoms with Crippen LogP contribution in [0.1, 0.15) is 55.1 Å². The van der Waals surface area contributed by atoms with Crippen molar-refractivity contribution < 1.29 is 13.2 Å². The number of carbonyl (C=O) groups excluding carboxylic acids is 1. The Hall–Kier alpha value is -1.89. The Morgan fingerprint density at radius 3 is 2.38 bits per heavy atom. The zero-order chi connectivity index (χ0) is 21.0. The van der Waals surface area contributed by atoms with Gasteiger partial charge in [-0.3, -0.25) is 4.79 Å². The molecule has 0 bridgehead atoms. The van der Waals surface area contributed by atoms with Crippen LogP contribution >= 0.6 is 11.6 Å². The second kappa shape index (κ2) is 9.28. The summed E-state index contributed by atoms with van der Waals surface area (Å²) in [6, 6.07) is 13.9. The van der Waals surface area contributed by atoms with Gasteiger partial charge in [0.2, 0.25) is 10.0 Å². The van der Waals surface area contributed by atoms with Gasteiger partial charge in [0.15, 0.2) is 0 Å². The number of carbonyl (C=O) groups is 1. The fraction of sp³-hybridized carbons (Fsp3) is 0.409. The number of hydrogen-bond acceptors (Lipinski definition) is 3. The molecule has 156 valence electrons. The van der Waals surface area contributed by atoms with E-state index >= 15 is 0 Å². The van der Waals surface area contributed by atoms with Crippen molar-refractivity contribution in [3.8, 4) is 0 Å². The summed E-state index contributed by atoms with van der Waals surface area (Å²) < 4.78 is 27.2. The summed E-state index contributed by atoms with van der Waals surface area (Å²) in [5.74, 6) is 0.000770. The van der Waals surface area contributed by atoms with Crippen LogP contribution in [0.5, 0.6) is 0 Å². The Labute approximate surface area is 178 Å². The molecule has 3 rings (SSSR count). The Morgan fingerprint density at radius 1 is 1.10 bits per heavy atom. The summed E-state index contributed by atoms with van der Waals surface area (Å²) in [6.07, 6.45) is 2.47. The molecule has 1 aliphatic rings. The maximum absolute atomic E-state index is 13.0. The van der Waals surface area contributed by atoms with E-state index in [0.29, 0.717) is 19.0 Å². The van der Waals surface area contributed by atoms with Gasteiger partial charge in [-0.25, -0.2) is 8.42 Å². The van der Waals surface area contributed by atoms with Gasteiger partial charge in [0, 0.05) is 13.1 Å². The smallest absolute Gasteiger partial charge is 0.253 e. The Balaban J connectivity index is 1.88. The van der Waals surface area contributed by atoms with Crippen molar-refractivity contribution >= 4 is 27.5 Å². The van der Waals surface area contributed by atoms with E-state index < -0.39 is 10.0 Å². The first kappa shape index (κ1) is 21.8. The van der Waals surface area contributed by atoms with Crippen molar-refractivity contribution in [2.24, 2.45) is 5.92 Å². The predicted molar refractivity (Wildman–Crippen MR) is 116 cm³/mol. The maximum atomic E-state index is 13.0. The summed E-state index contributed by atoms with van der Waals surface area (Å²) in [4.78, 5) is 13.1. The third-order valence-corrected chi connectivity index (χ3v) is 7.32. The summed E-state index contributed by atoms with van der Waals surface area (Å²) >= 11 is 6.27. The van der Waals surface area contributed by atoms with E-state index in [4.69, 9.17) is 11.6 Å². The molecule has 1 N–H and O–H groups in total. The highest BCUT2D eigenvalue weighted by Crippen LogP contribution is 2.27. The van der Waals surface area contributed by atoms with Crippen molar-refractivity contribution in [3.63, 3.8) is 0 Å². The number of nitrogens with one attached hydrogen (secondary N) is 1. The van der Waals surface area contributed by atoms with E-state index in [1.807, 2.05) is 30.3 Å². The van der Waals surface area contributed by atoms with Gasteiger partial charge >= 0.3 is 0 Å². The molecule has 0 spiro atoms. The molecule has 0 aliphatic carbocycles. The minimum Gasteiger partial charge on any atom is -0.345 e. The first-order valence-electron chi connectivity index (χ1n) is 9.94. The molecule has 7 heteroatoms. The van der Waals surface area contributed by atoms with Crippen LogP contribution in [-0.4, -0.2) is 31.7 Å². The van der Waals surface area contributed by atoms with Crippen LogP contribution in [0.4, 0.5) is 0 Å². The molecular formula is C22H27ClN2O3S. The van der Waals surface area contributed by atoms with Gasteiger partial charge < -0.3 is 5.32 Å². The number of sulfonamides is 1. The highest BCUT2D eigenvalue weighted by molar-refractivity contribution is 7.89. The van der Waals surface area contributed by atoms with E-state index in [2.05, 4.69) is 19.2 Å². The van der Waals surface area contributed by atoms with E-state index in [-0.39, 0.29) is 27.4 Å². The van der Waals surface area contributed by atoms with Crippen LogP contribution in [-0.2, 0) is 10.0 Å². The first-order chi connectivity index (χ1) is 13.8. The lowest BCUT2D eigenvalue weighted by Gasteiger charge is -2.22. The SMILES string of the molecule is CC(C)C[C@@H](NC(=O)c1cc(S(=O)(=O)N2CCCC2)ccc1Cl)c1ccccc1. The fourth-order valence-electron chi connectivity index (χ4n) is 3.59. The first-order valence-corrected chi connectivity index (χ1v) is 11.8. The Bertz CT molecular complexity index is 955. The molecule has 2 aromatic carbocycles. The van der Waals surface area contributed by atoms with Gasteiger partial charge in [-0.1, -0.05) is 55.8 Å².